The third-order valence-corrected chi connectivity index (χ3v) is 5.09. The first-order chi connectivity index (χ1) is 12.4. The first kappa shape index (κ1) is 14.8. The van der Waals surface area contributed by atoms with E-state index in [-0.39, 0.29) is 0 Å². The Morgan fingerprint density at radius 3 is 3.12 bits per heavy atom. The predicted molar refractivity (Wildman–Crippen MR) is 91.8 cm³/mol. The molecule has 0 radical (unpaired) electrons. The molecule has 0 amide bonds. The molecule has 0 aromatic carbocycles. The predicted octanol–water partition coefficient (Wildman–Crippen LogP) is 1.22. The molecule has 8 heteroatoms. The largest absolute Gasteiger partial charge is 0.322 e. The maximum Gasteiger partial charge on any atom is 0.160 e. The van der Waals surface area contributed by atoms with Gasteiger partial charge in [-0.1, -0.05) is 0 Å². The van der Waals surface area contributed by atoms with Crippen molar-refractivity contribution in [2.45, 2.75) is 51.9 Å². The first-order valence-electron chi connectivity index (χ1n) is 9.08. The molecule has 0 atom stereocenters. The van der Waals surface area contributed by atoms with E-state index in [2.05, 4.69) is 40.4 Å². The van der Waals surface area contributed by atoms with Gasteiger partial charge in [0.15, 0.2) is 11.6 Å². The normalized spacial score (nSPS) is 17.1. The number of nitrogens with zero attached hydrogens (tertiary/aromatic N) is 7. The number of hydrogen-bond acceptors (Lipinski definition) is 5. The van der Waals surface area contributed by atoms with Gasteiger partial charge in [-0.05, 0) is 31.9 Å². The monoisotopic (exact) mass is 338 g/mol. The number of aryl methyl sites for hydroxylation is 2. The molecular weight excluding hydrogens is 316 g/mol. The molecule has 130 valence electrons. The lowest BCUT2D eigenvalue weighted by Crippen LogP contribution is -2.15. The van der Waals surface area contributed by atoms with Gasteiger partial charge in [-0.3, -0.25) is 4.68 Å². The van der Waals surface area contributed by atoms with Crippen molar-refractivity contribution in [2.75, 3.05) is 6.54 Å². The van der Waals surface area contributed by atoms with Crippen LogP contribution in [0.15, 0.2) is 18.5 Å². The minimum Gasteiger partial charge on any atom is -0.322 e. The Bertz CT molecular complexity index is 863. The molecule has 0 saturated heterocycles. The lowest BCUT2D eigenvalue weighted by atomic mass is 10.2. The minimum atomic E-state index is 0.683. The van der Waals surface area contributed by atoms with Gasteiger partial charge in [0.2, 0.25) is 0 Å². The molecule has 0 saturated carbocycles. The van der Waals surface area contributed by atoms with Gasteiger partial charge in [-0.2, -0.15) is 5.10 Å². The highest BCUT2D eigenvalue weighted by atomic mass is 15.3. The fourth-order valence-corrected chi connectivity index (χ4v) is 3.78. The number of fused-ring (bicyclic) bond motifs is 2. The molecule has 0 bridgehead atoms. The summed E-state index contributed by atoms with van der Waals surface area (Å²) in [6, 6.07) is 2.15. The second kappa shape index (κ2) is 6.11. The fourth-order valence-electron chi connectivity index (χ4n) is 3.78. The molecule has 0 fully saturated rings. The zero-order valence-electron chi connectivity index (χ0n) is 14.2. The lowest BCUT2D eigenvalue weighted by Gasteiger charge is -2.15. The van der Waals surface area contributed by atoms with Gasteiger partial charge >= 0.3 is 0 Å². The molecule has 5 heterocycles. The second-order valence-corrected chi connectivity index (χ2v) is 6.79. The van der Waals surface area contributed by atoms with Gasteiger partial charge in [0.1, 0.15) is 11.5 Å². The Labute approximate surface area is 145 Å². The second-order valence-electron chi connectivity index (χ2n) is 6.79. The van der Waals surface area contributed by atoms with Crippen molar-refractivity contribution in [1.29, 1.82) is 0 Å². The van der Waals surface area contributed by atoms with Crippen molar-refractivity contribution in [2.24, 2.45) is 0 Å². The SMILES string of the molecule is c1cn(Cc2nnc3n2CCCC3)c(-c2cc3n(n2)CCCNC3)n1. The Morgan fingerprint density at radius 2 is 2.12 bits per heavy atom. The van der Waals surface area contributed by atoms with Crippen LogP contribution in [0.3, 0.4) is 0 Å². The zero-order chi connectivity index (χ0) is 16.6. The van der Waals surface area contributed by atoms with Crippen molar-refractivity contribution in [3.63, 3.8) is 0 Å². The van der Waals surface area contributed by atoms with Gasteiger partial charge in [0.25, 0.3) is 0 Å². The standard InChI is InChI=1S/C17H22N8/c1-2-7-24-15(4-1)20-21-16(24)12-23-9-6-19-17(23)14-10-13-11-18-5-3-8-25(13)22-14/h6,9-10,18H,1-5,7-8,11-12H2. The van der Waals surface area contributed by atoms with Crippen LogP contribution in [-0.2, 0) is 32.6 Å². The molecule has 2 aliphatic heterocycles. The Kier molecular flexibility index (Phi) is 3.62. The lowest BCUT2D eigenvalue weighted by molar-refractivity contribution is 0.502. The van der Waals surface area contributed by atoms with Crippen LogP contribution in [0, 0.1) is 0 Å². The third kappa shape index (κ3) is 2.66. The maximum absolute atomic E-state index is 4.78. The van der Waals surface area contributed by atoms with Crippen LogP contribution in [-0.4, -0.2) is 40.6 Å². The number of nitrogens with one attached hydrogen (secondary N) is 1. The van der Waals surface area contributed by atoms with Crippen LogP contribution in [0.4, 0.5) is 0 Å². The summed E-state index contributed by atoms with van der Waals surface area (Å²) in [6.07, 6.45) is 8.39. The van der Waals surface area contributed by atoms with Gasteiger partial charge < -0.3 is 14.5 Å². The Morgan fingerprint density at radius 1 is 1.12 bits per heavy atom. The summed E-state index contributed by atoms with van der Waals surface area (Å²) >= 11 is 0. The summed E-state index contributed by atoms with van der Waals surface area (Å²) in [5.41, 5.74) is 2.16. The fraction of sp³-hybridized carbons (Fsp3) is 0.529. The number of imidazole rings is 1. The van der Waals surface area contributed by atoms with E-state index >= 15 is 0 Å². The van der Waals surface area contributed by atoms with E-state index in [4.69, 9.17) is 5.10 Å². The van der Waals surface area contributed by atoms with Crippen LogP contribution in [0.25, 0.3) is 11.5 Å². The summed E-state index contributed by atoms with van der Waals surface area (Å²) in [6.45, 7) is 4.58. The molecule has 0 unspecified atom stereocenters. The van der Waals surface area contributed by atoms with Crippen molar-refractivity contribution >= 4 is 0 Å². The van der Waals surface area contributed by atoms with E-state index in [1.165, 1.54) is 18.5 Å². The van der Waals surface area contributed by atoms with Crippen LogP contribution in [0.5, 0.6) is 0 Å². The average Bonchev–Trinajstić information content (AvgIpc) is 3.32. The molecule has 0 aliphatic carbocycles. The molecule has 3 aromatic rings. The van der Waals surface area contributed by atoms with E-state index in [1.54, 1.807) is 0 Å². The Hall–Kier alpha value is -2.48. The highest BCUT2D eigenvalue weighted by molar-refractivity contribution is 5.50. The number of hydrogen-bond donors (Lipinski definition) is 1. The summed E-state index contributed by atoms with van der Waals surface area (Å²) in [4.78, 5) is 4.56. The number of rotatable bonds is 3. The highest BCUT2D eigenvalue weighted by Gasteiger charge is 2.19. The topological polar surface area (TPSA) is 78.4 Å². The van der Waals surface area contributed by atoms with Crippen molar-refractivity contribution in [1.82, 2.24) is 39.4 Å². The van der Waals surface area contributed by atoms with Crippen LogP contribution >= 0.6 is 0 Å². The van der Waals surface area contributed by atoms with Crippen molar-refractivity contribution in [3.8, 4) is 11.5 Å². The van der Waals surface area contributed by atoms with E-state index < -0.39 is 0 Å². The summed E-state index contributed by atoms with van der Waals surface area (Å²) in [5.74, 6) is 3.02. The van der Waals surface area contributed by atoms with Gasteiger partial charge in [0.05, 0.1) is 12.2 Å². The molecule has 5 rings (SSSR count). The number of aromatic nitrogens is 7. The molecular formula is C17H22N8. The third-order valence-electron chi connectivity index (χ3n) is 5.09. The highest BCUT2D eigenvalue weighted by Crippen LogP contribution is 2.21. The maximum atomic E-state index is 4.78. The van der Waals surface area contributed by atoms with Crippen LogP contribution in [0.1, 0.15) is 36.6 Å². The van der Waals surface area contributed by atoms with Crippen molar-refractivity contribution in [3.05, 3.63) is 35.8 Å². The summed E-state index contributed by atoms with van der Waals surface area (Å²) < 4.78 is 6.49. The zero-order valence-corrected chi connectivity index (χ0v) is 14.2. The van der Waals surface area contributed by atoms with Crippen LogP contribution in [0.2, 0.25) is 0 Å². The van der Waals surface area contributed by atoms with E-state index in [0.717, 1.165) is 62.2 Å². The van der Waals surface area contributed by atoms with Gasteiger partial charge in [-0.25, -0.2) is 4.98 Å². The van der Waals surface area contributed by atoms with Gasteiger partial charge in [-0.15, -0.1) is 10.2 Å². The van der Waals surface area contributed by atoms with E-state index in [1.807, 2.05) is 12.4 Å². The van der Waals surface area contributed by atoms with Crippen molar-refractivity contribution < 1.29 is 0 Å². The minimum absolute atomic E-state index is 0.683. The molecule has 8 nitrogen and oxygen atoms in total. The van der Waals surface area contributed by atoms with Gasteiger partial charge in [0, 0.05) is 38.4 Å². The molecule has 3 aromatic heterocycles. The van der Waals surface area contributed by atoms with E-state index in [0.29, 0.717) is 6.54 Å². The first-order valence-corrected chi connectivity index (χ1v) is 9.08. The Balaban J connectivity index is 1.45. The van der Waals surface area contributed by atoms with Crippen LogP contribution < -0.4 is 5.32 Å². The molecule has 25 heavy (non-hydrogen) atoms. The molecule has 2 aliphatic rings. The molecule has 1 N–H and O–H groups in total. The van der Waals surface area contributed by atoms with E-state index in [9.17, 15) is 0 Å². The molecule has 0 spiro atoms. The smallest absolute Gasteiger partial charge is 0.160 e. The average molecular weight is 338 g/mol. The summed E-state index contributed by atoms with van der Waals surface area (Å²) in [7, 11) is 0. The summed E-state index contributed by atoms with van der Waals surface area (Å²) in [5, 5.41) is 17.0. The quantitative estimate of drug-likeness (QED) is 0.777.